The van der Waals surface area contributed by atoms with Crippen molar-refractivity contribution in [3.63, 3.8) is 0 Å². The molecule has 0 spiro atoms. The molecule has 14 heteroatoms. The van der Waals surface area contributed by atoms with Gasteiger partial charge in [0, 0.05) is 17.2 Å². The van der Waals surface area contributed by atoms with E-state index >= 15 is 0 Å². The molecule has 0 saturated carbocycles. The molecule has 62 heavy (non-hydrogen) atoms. The Labute approximate surface area is 364 Å². The number of esters is 3. The molecule has 3 aliphatic rings. The molecule has 4 aromatic rings. The SMILES string of the molecule is CO[C@H]1O[C@H](CO[C@@H]2O[C@H]3CO[Si](C(C)(C)C)(C(C)(C)C)O[C@@H]3[C@H]2OCc2ccccc2)[C@@H](OC(=O)c2ccccc2)[C@H](OC(=O)c2ccccc2)[C@@H]1OC(=O)c1ccccc1. The van der Waals surface area contributed by atoms with Crippen LogP contribution in [-0.2, 0) is 53.4 Å². The summed E-state index contributed by atoms with van der Waals surface area (Å²) in [5.41, 5.74) is 1.63. The number of hydrogen-bond acceptors (Lipinski definition) is 13. The first-order chi connectivity index (χ1) is 29.7. The molecule has 0 unspecified atom stereocenters. The van der Waals surface area contributed by atoms with Crippen molar-refractivity contribution in [1.82, 2.24) is 0 Å². The lowest BCUT2D eigenvalue weighted by atomic mass is 9.97. The minimum absolute atomic E-state index is 0.217. The molecule has 3 aliphatic heterocycles. The Bertz CT molecular complexity index is 2080. The molecular formula is C48H56O13Si. The number of carbonyl (C=O) groups is 3. The zero-order valence-corrected chi connectivity index (χ0v) is 37.2. The second-order valence-corrected chi connectivity index (χ2v) is 22.4. The van der Waals surface area contributed by atoms with Gasteiger partial charge in [-0.15, -0.1) is 0 Å². The molecule has 3 heterocycles. The van der Waals surface area contributed by atoms with E-state index in [-0.39, 0.29) is 46.6 Å². The molecular weight excluding hydrogens is 813 g/mol. The average Bonchev–Trinajstić information content (AvgIpc) is 3.62. The summed E-state index contributed by atoms with van der Waals surface area (Å²) >= 11 is 0. The minimum Gasteiger partial charge on any atom is -0.452 e. The maximum atomic E-state index is 13.9. The van der Waals surface area contributed by atoms with Crippen molar-refractivity contribution < 1.29 is 61.1 Å². The van der Waals surface area contributed by atoms with Gasteiger partial charge in [-0.25, -0.2) is 14.4 Å². The lowest BCUT2D eigenvalue weighted by Gasteiger charge is -2.53. The first-order valence-electron chi connectivity index (χ1n) is 20.9. The fourth-order valence-electron chi connectivity index (χ4n) is 8.47. The summed E-state index contributed by atoms with van der Waals surface area (Å²) < 4.78 is 64.5. The van der Waals surface area contributed by atoms with E-state index in [1.54, 1.807) is 91.0 Å². The fraction of sp³-hybridized carbons (Fsp3) is 0.438. The molecule has 0 aromatic heterocycles. The normalized spacial score (nSPS) is 27.1. The van der Waals surface area contributed by atoms with Crippen LogP contribution in [0.15, 0.2) is 121 Å². The standard InChI is InChI=1S/C48H56O13Si/c1-47(2,3)62(48(4,5)6)55-30-36-38(61-62)40(53-28-31-20-12-8-13-21-31)46(57-36)54-29-35-37(58-42(49)32-22-14-9-15-23-32)39(59-43(50)33-24-16-10-17-25-33)41(45(52-7)56-35)60-44(51)34-26-18-11-19-27-34/h8-27,35-41,45-46H,28-30H2,1-7H3/t35-,36+,37-,38+,39+,40-,41+,45+,46-/m1/s1. The Hall–Kier alpha value is -4.77. The molecule has 0 N–H and O–H groups in total. The minimum atomic E-state index is -2.99. The Morgan fingerprint density at radius 1 is 0.581 bits per heavy atom. The van der Waals surface area contributed by atoms with Gasteiger partial charge in [-0.2, -0.15) is 0 Å². The van der Waals surface area contributed by atoms with Crippen molar-refractivity contribution in [1.29, 1.82) is 0 Å². The first-order valence-corrected chi connectivity index (χ1v) is 22.7. The van der Waals surface area contributed by atoms with Gasteiger partial charge in [0.25, 0.3) is 0 Å². The van der Waals surface area contributed by atoms with Gasteiger partial charge in [-0.3, -0.25) is 0 Å². The van der Waals surface area contributed by atoms with E-state index in [2.05, 4.69) is 41.5 Å². The van der Waals surface area contributed by atoms with Crippen LogP contribution in [0.25, 0.3) is 0 Å². The lowest BCUT2D eigenvalue weighted by molar-refractivity contribution is -0.302. The number of benzene rings is 4. The Kier molecular flexibility index (Phi) is 14.1. The monoisotopic (exact) mass is 868 g/mol. The van der Waals surface area contributed by atoms with E-state index in [0.717, 1.165) is 5.56 Å². The summed E-state index contributed by atoms with van der Waals surface area (Å²) in [5.74, 6) is -2.23. The van der Waals surface area contributed by atoms with E-state index in [4.69, 9.17) is 46.7 Å². The summed E-state index contributed by atoms with van der Waals surface area (Å²) in [7, 11) is -1.62. The average molecular weight is 869 g/mol. The molecule has 7 rings (SSSR count). The highest BCUT2D eigenvalue weighted by molar-refractivity contribution is 6.73. The zero-order chi connectivity index (χ0) is 44.1. The molecule has 13 nitrogen and oxygen atoms in total. The molecule has 0 amide bonds. The number of rotatable bonds is 13. The topological polar surface area (TPSA) is 144 Å². The summed E-state index contributed by atoms with van der Waals surface area (Å²) in [4.78, 5) is 41.4. The van der Waals surface area contributed by atoms with Gasteiger partial charge < -0.3 is 46.7 Å². The van der Waals surface area contributed by atoms with Crippen molar-refractivity contribution in [2.75, 3.05) is 20.3 Å². The highest BCUT2D eigenvalue weighted by Gasteiger charge is 2.65. The molecule has 330 valence electrons. The largest absolute Gasteiger partial charge is 0.452 e. The fourth-order valence-corrected chi connectivity index (χ4v) is 13.4. The van der Waals surface area contributed by atoms with Crippen LogP contribution >= 0.6 is 0 Å². The van der Waals surface area contributed by atoms with E-state index in [1.165, 1.54) is 7.11 Å². The van der Waals surface area contributed by atoms with Gasteiger partial charge in [-0.1, -0.05) is 126 Å². The number of carbonyl (C=O) groups excluding carboxylic acids is 3. The molecule has 4 aromatic carbocycles. The lowest BCUT2D eigenvalue weighted by Crippen LogP contribution is -2.65. The van der Waals surface area contributed by atoms with Gasteiger partial charge in [0.1, 0.15) is 24.4 Å². The van der Waals surface area contributed by atoms with Crippen LogP contribution in [0.5, 0.6) is 0 Å². The number of methoxy groups -OCH3 is 1. The highest BCUT2D eigenvalue weighted by Crippen LogP contribution is 2.55. The van der Waals surface area contributed by atoms with Crippen LogP contribution in [0.3, 0.4) is 0 Å². The third kappa shape index (κ3) is 9.88. The third-order valence-corrected chi connectivity index (χ3v) is 16.4. The molecule has 3 fully saturated rings. The van der Waals surface area contributed by atoms with Gasteiger partial charge in [0.15, 0.2) is 30.9 Å². The van der Waals surface area contributed by atoms with Crippen LogP contribution in [0.2, 0.25) is 10.1 Å². The quantitative estimate of drug-likeness (QED) is 0.0733. The van der Waals surface area contributed by atoms with Crippen molar-refractivity contribution in [2.24, 2.45) is 0 Å². The van der Waals surface area contributed by atoms with E-state index < -0.39 is 81.8 Å². The van der Waals surface area contributed by atoms with Crippen LogP contribution in [0.1, 0.15) is 78.2 Å². The Morgan fingerprint density at radius 2 is 1.05 bits per heavy atom. The summed E-state index contributed by atoms with van der Waals surface area (Å²) in [6.07, 6.45) is -9.53. The molecule has 0 radical (unpaired) electrons. The van der Waals surface area contributed by atoms with Crippen molar-refractivity contribution in [2.45, 2.75) is 114 Å². The zero-order valence-electron chi connectivity index (χ0n) is 36.2. The van der Waals surface area contributed by atoms with E-state index in [9.17, 15) is 14.4 Å². The number of hydrogen-bond donors (Lipinski definition) is 0. The number of fused-ring (bicyclic) bond motifs is 1. The van der Waals surface area contributed by atoms with Gasteiger partial charge in [0.05, 0.1) is 36.5 Å². The second-order valence-electron chi connectivity index (χ2n) is 17.6. The Morgan fingerprint density at radius 3 is 1.53 bits per heavy atom. The van der Waals surface area contributed by atoms with E-state index in [1.807, 2.05) is 30.3 Å². The van der Waals surface area contributed by atoms with Crippen LogP contribution < -0.4 is 0 Å². The van der Waals surface area contributed by atoms with E-state index in [0.29, 0.717) is 0 Å². The molecule has 3 saturated heterocycles. The highest BCUT2D eigenvalue weighted by atomic mass is 28.4. The summed E-state index contributed by atoms with van der Waals surface area (Å²) in [6, 6.07) is 34.7. The predicted molar refractivity (Wildman–Crippen MR) is 228 cm³/mol. The van der Waals surface area contributed by atoms with Crippen molar-refractivity contribution >= 4 is 26.5 Å². The second kappa shape index (κ2) is 19.3. The maximum Gasteiger partial charge on any atom is 0.349 e. The summed E-state index contributed by atoms with van der Waals surface area (Å²) in [5, 5.41) is -0.625. The van der Waals surface area contributed by atoms with Crippen molar-refractivity contribution in [3.05, 3.63) is 144 Å². The predicted octanol–water partition coefficient (Wildman–Crippen LogP) is 7.82. The van der Waals surface area contributed by atoms with Crippen LogP contribution in [-0.4, -0.2) is 102 Å². The molecule has 0 bridgehead atoms. The van der Waals surface area contributed by atoms with Gasteiger partial charge in [0.2, 0.25) is 0 Å². The smallest absolute Gasteiger partial charge is 0.349 e. The third-order valence-electron chi connectivity index (χ3n) is 11.3. The maximum absolute atomic E-state index is 13.9. The van der Waals surface area contributed by atoms with Crippen LogP contribution in [0, 0.1) is 0 Å². The van der Waals surface area contributed by atoms with Gasteiger partial charge >= 0.3 is 26.5 Å². The van der Waals surface area contributed by atoms with Crippen LogP contribution in [0.4, 0.5) is 0 Å². The van der Waals surface area contributed by atoms with Gasteiger partial charge in [-0.05, 0) is 42.0 Å². The number of ether oxygens (including phenoxy) is 8. The molecule has 0 aliphatic carbocycles. The van der Waals surface area contributed by atoms with Crippen molar-refractivity contribution in [3.8, 4) is 0 Å². The summed E-state index contributed by atoms with van der Waals surface area (Å²) in [6.45, 7) is 13.1. The molecule has 9 atom stereocenters. The Balaban J connectivity index is 1.22. The first kappa shape index (κ1) is 45.3.